The predicted octanol–water partition coefficient (Wildman–Crippen LogP) is 2.23. The molecule has 1 atom stereocenters. The van der Waals surface area contributed by atoms with E-state index in [1.165, 1.54) is 0 Å². The standard InChI is InChI=1S/C19H19ClN4O2/c20-14-3-1-2-13(10-14)17-11-24(7-6-21-17)18(25)9-12-4-5-15-16(8-12)23-19(26)22-15/h1-5,8,10,17,21H,6-7,9,11H2,(H2,22,23,26). The molecule has 1 aromatic heterocycles. The van der Waals surface area contributed by atoms with Crippen molar-refractivity contribution in [3.8, 4) is 0 Å². The molecule has 0 radical (unpaired) electrons. The van der Waals surface area contributed by atoms with Gasteiger partial charge in [0.25, 0.3) is 0 Å². The second-order valence-corrected chi connectivity index (χ2v) is 6.97. The summed E-state index contributed by atoms with van der Waals surface area (Å²) in [5.74, 6) is 0.0794. The Balaban J connectivity index is 1.47. The molecule has 1 unspecified atom stereocenters. The Morgan fingerprint density at radius 2 is 2.00 bits per heavy atom. The maximum atomic E-state index is 12.7. The van der Waals surface area contributed by atoms with Gasteiger partial charge < -0.3 is 20.2 Å². The monoisotopic (exact) mass is 370 g/mol. The van der Waals surface area contributed by atoms with Crippen molar-refractivity contribution in [1.82, 2.24) is 20.2 Å². The molecule has 3 N–H and O–H groups in total. The second-order valence-electron chi connectivity index (χ2n) is 6.54. The van der Waals surface area contributed by atoms with Gasteiger partial charge in [0.15, 0.2) is 0 Å². The minimum Gasteiger partial charge on any atom is -0.339 e. The van der Waals surface area contributed by atoms with Gasteiger partial charge in [-0.05, 0) is 35.4 Å². The molecule has 1 aliphatic rings. The Kier molecular flexibility index (Phi) is 4.53. The number of imidazole rings is 1. The van der Waals surface area contributed by atoms with E-state index < -0.39 is 0 Å². The molecule has 0 aliphatic carbocycles. The fourth-order valence-electron chi connectivity index (χ4n) is 3.40. The fraction of sp³-hybridized carbons (Fsp3) is 0.263. The van der Waals surface area contributed by atoms with Gasteiger partial charge in [0.1, 0.15) is 0 Å². The van der Waals surface area contributed by atoms with Crippen LogP contribution in [0.3, 0.4) is 0 Å². The molecule has 4 rings (SSSR count). The van der Waals surface area contributed by atoms with Crippen LogP contribution in [0.2, 0.25) is 5.02 Å². The first-order valence-corrected chi connectivity index (χ1v) is 8.94. The highest BCUT2D eigenvalue weighted by molar-refractivity contribution is 6.30. The van der Waals surface area contributed by atoms with Crippen molar-refractivity contribution in [3.05, 3.63) is 69.1 Å². The SMILES string of the molecule is O=C(Cc1ccc2[nH]c(=O)[nH]c2c1)N1CCNC(c2cccc(Cl)c2)C1. The van der Waals surface area contributed by atoms with E-state index in [0.29, 0.717) is 24.5 Å². The molecule has 0 spiro atoms. The van der Waals surface area contributed by atoms with Crippen molar-refractivity contribution in [1.29, 1.82) is 0 Å². The van der Waals surface area contributed by atoms with E-state index >= 15 is 0 Å². The molecule has 7 heteroatoms. The quantitative estimate of drug-likeness (QED) is 0.661. The van der Waals surface area contributed by atoms with Gasteiger partial charge in [-0.25, -0.2) is 4.79 Å². The predicted molar refractivity (Wildman–Crippen MR) is 101 cm³/mol. The molecule has 0 saturated carbocycles. The number of amides is 1. The van der Waals surface area contributed by atoms with Crippen LogP contribution in [0.15, 0.2) is 47.3 Å². The molecule has 1 saturated heterocycles. The van der Waals surface area contributed by atoms with Crippen molar-refractivity contribution in [2.45, 2.75) is 12.5 Å². The highest BCUT2D eigenvalue weighted by Crippen LogP contribution is 2.21. The van der Waals surface area contributed by atoms with Crippen molar-refractivity contribution < 1.29 is 4.79 Å². The molecule has 1 amide bonds. The first kappa shape index (κ1) is 16.9. The zero-order valence-corrected chi connectivity index (χ0v) is 14.8. The fourth-order valence-corrected chi connectivity index (χ4v) is 3.60. The maximum absolute atomic E-state index is 12.7. The topological polar surface area (TPSA) is 81.0 Å². The Bertz CT molecular complexity index is 1010. The number of hydrogen-bond donors (Lipinski definition) is 3. The largest absolute Gasteiger partial charge is 0.339 e. The highest BCUT2D eigenvalue weighted by Gasteiger charge is 2.24. The number of aromatic amines is 2. The van der Waals surface area contributed by atoms with Gasteiger partial charge in [0.2, 0.25) is 5.91 Å². The first-order chi connectivity index (χ1) is 12.6. The summed E-state index contributed by atoms with van der Waals surface area (Å²) >= 11 is 6.08. The van der Waals surface area contributed by atoms with Crippen molar-refractivity contribution in [2.75, 3.05) is 19.6 Å². The molecule has 26 heavy (non-hydrogen) atoms. The van der Waals surface area contributed by atoms with Gasteiger partial charge in [0.05, 0.1) is 17.5 Å². The van der Waals surface area contributed by atoms with Crippen LogP contribution in [0.1, 0.15) is 17.2 Å². The first-order valence-electron chi connectivity index (χ1n) is 8.56. The zero-order valence-electron chi connectivity index (χ0n) is 14.1. The van der Waals surface area contributed by atoms with Gasteiger partial charge in [-0.2, -0.15) is 0 Å². The number of nitrogens with one attached hydrogen (secondary N) is 3. The van der Waals surface area contributed by atoms with Crippen LogP contribution in [0.5, 0.6) is 0 Å². The van der Waals surface area contributed by atoms with Crippen LogP contribution in [0.4, 0.5) is 0 Å². The van der Waals surface area contributed by atoms with Crippen LogP contribution in [-0.4, -0.2) is 40.4 Å². The smallest absolute Gasteiger partial charge is 0.323 e. The number of carbonyl (C=O) groups excluding carboxylic acids is 1. The molecular weight excluding hydrogens is 352 g/mol. The van der Waals surface area contributed by atoms with E-state index in [4.69, 9.17) is 11.6 Å². The molecule has 1 aliphatic heterocycles. The van der Waals surface area contributed by atoms with E-state index in [1.807, 2.05) is 47.4 Å². The van der Waals surface area contributed by atoms with Gasteiger partial charge in [-0.15, -0.1) is 0 Å². The minimum atomic E-state index is -0.241. The number of piperazine rings is 1. The summed E-state index contributed by atoms with van der Waals surface area (Å²) in [6.45, 7) is 2.04. The number of halogens is 1. The Morgan fingerprint density at radius 3 is 2.85 bits per heavy atom. The zero-order chi connectivity index (χ0) is 18.1. The molecule has 1 fully saturated rings. The van der Waals surface area contributed by atoms with Crippen molar-refractivity contribution >= 4 is 28.5 Å². The van der Waals surface area contributed by atoms with Crippen LogP contribution in [0.25, 0.3) is 11.0 Å². The van der Waals surface area contributed by atoms with Gasteiger partial charge >= 0.3 is 5.69 Å². The van der Waals surface area contributed by atoms with Crippen LogP contribution < -0.4 is 11.0 Å². The molecule has 0 bridgehead atoms. The third-order valence-corrected chi connectivity index (χ3v) is 4.95. The summed E-state index contributed by atoms with van der Waals surface area (Å²) in [4.78, 5) is 31.4. The summed E-state index contributed by atoms with van der Waals surface area (Å²) in [5.41, 5.74) is 3.19. The number of rotatable bonds is 3. The van der Waals surface area contributed by atoms with E-state index in [-0.39, 0.29) is 17.6 Å². The second kappa shape index (κ2) is 6.97. The summed E-state index contributed by atoms with van der Waals surface area (Å²) < 4.78 is 0. The number of carbonyl (C=O) groups is 1. The lowest BCUT2D eigenvalue weighted by Gasteiger charge is -2.34. The number of hydrogen-bond acceptors (Lipinski definition) is 3. The minimum absolute atomic E-state index is 0.0786. The van der Waals surface area contributed by atoms with E-state index in [9.17, 15) is 9.59 Å². The number of fused-ring (bicyclic) bond motifs is 1. The highest BCUT2D eigenvalue weighted by atomic mass is 35.5. The summed E-state index contributed by atoms with van der Waals surface area (Å²) in [6, 6.07) is 13.3. The van der Waals surface area contributed by atoms with Gasteiger partial charge in [-0.1, -0.05) is 29.8 Å². The number of benzene rings is 2. The van der Waals surface area contributed by atoms with Gasteiger partial charge in [-0.3, -0.25) is 4.79 Å². The Hall–Kier alpha value is -2.57. The summed E-state index contributed by atoms with van der Waals surface area (Å²) in [7, 11) is 0. The van der Waals surface area contributed by atoms with Crippen LogP contribution in [-0.2, 0) is 11.2 Å². The molecule has 3 aromatic rings. The third-order valence-electron chi connectivity index (χ3n) is 4.71. The van der Waals surface area contributed by atoms with Crippen molar-refractivity contribution in [3.63, 3.8) is 0 Å². The average molecular weight is 371 g/mol. The lowest BCUT2D eigenvalue weighted by molar-refractivity contribution is -0.131. The van der Waals surface area contributed by atoms with E-state index in [0.717, 1.165) is 28.7 Å². The lowest BCUT2D eigenvalue weighted by Crippen LogP contribution is -2.48. The number of aromatic nitrogens is 2. The molecule has 2 aromatic carbocycles. The van der Waals surface area contributed by atoms with Crippen LogP contribution in [0, 0.1) is 0 Å². The molecular formula is C19H19ClN4O2. The molecule has 134 valence electrons. The summed E-state index contributed by atoms with van der Waals surface area (Å²) in [5, 5.41) is 4.14. The summed E-state index contributed by atoms with van der Waals surface area (Å²) in [6.07, 6.45) is 0.311. The Labute approximate surface area is 155 Å². The maximum Gasteiger partial charge on any atom is 0.323 e. The third kappa shape index (κ3) is 3.52. The number of nitrogens with zero attached hydrogens (tertiary/aromatic N) is 1. The lowest BCUT2D eigenvalue weighted by atomic mass is 10.0. The Morgan fingerprint density at radius 1 is 1.15 bits per heavy atom. The number of H-pyrrole nitrogens is 2. The normalized spacial score (nSPS) is 17.6. The molecule has 2 heterocycles. The van der Waals surface area contributed by atoms with Crippen molar-refractivity contribution in [2.24, 2.45) is 0 Å². The van der Waals surface area contributed by atoms with E-state index in [2.05, 4.69) is 15.3 Å². The van der Waals surface area contributed by atoms with Gasteiger partial charge in [0, 0.05) is 30.7 Å². The van der Waals surface area contributed by atoms with Crippen LogP contribution >= 0.6 is 11.6 Å². The molecule has 6 nitrogen and oxygen atoms in total. The van der Waals surface area contributed by atoms with E-state index in [1.54, 1.807) is 0 Å². The average Bonchev–Trinajstić information content (AvgIpc) is 3.01.